The summed E-state index contributed by atoms with van der Waals surface area (Å²) in [5, 5.41) is 13.4. The van der Waals surface area contributed by atoms with E-state index in [0.29, 0.717) is 25.4 Å². The Hall–Kier alpha value is -2.35. The maximum absolute atomic E-state index is 13.0. The highest BCUT2D eigenvalue weighted by Crippen LogP contribution is 2.43. The van der Waals surface area contributed by atoms with Gasteiger partial charge in [-0.05, 0) is 63.2 Å². The average Bonchev–Trinajstić information content (AvgIpc) is 3.22. The van der Waals surface area contributed by atoms with Crippen molar-refractivity contribution in [1.82, 2.24) is 9.80 Å². The molecule has 1 aliphatic rings. The Labute approximate surface area is 185 Å². The average molecular weight is 449 g/mol. The van der Waals surface area contributed by atoms with Gasteiger partial charge in [0.05, 0.1) is 23.2 Å². The largest absolute Gasteiger partial charge is 0.507 e. The number of carbonyl (C=O) groups excluding carboxylic acids is 2. The second-order valence-corrected chi connectivity index (χ2v) is 8.69. The van der Waals surface area contributed by atoms with E-state index < -0.39 is 17.7 Å². The van der Waals surface area contributed by atoms with Gasteiger partial charge in [-0.25, -0.2) is 0 Å². The van der Waals surface area contributed by atoms with E-state index in [9.17, 15) is 14.7 Å². The van der Waals surface area contributed by atoms with Gasteiger partial charge in [0, 0.05) is 23.5 Å². The number of thiophene rings is 1. The van der Waals surface area contributed by atoms with Crippen LogP contribution in [0.1, 0.15) is 29.0 Å². The van der Waals surface area contributed by atoms with Crippen LogP contribution in [-0.2, 0) is 9.59 Å². The van der Waals surface area contributed by atoms with Crippen LogP contribution >= 0.6 is 22.9 Å². The van der Waals surface area contributed by atoms with Gasteiger partial charge in [0.1, 0.15) is 11.5 Å². The van der Waals surface area contributed by atoms with Crippen LogP contribution in [0.4, 0.5) is 0 Å². The molecule has 1 amide bonds. The fraction of sp³-hybridized carbons (Fsp3) is 0.364. The first kappa shape index (κ1) is 22.3. The lowest BCUT2D eigenvalue weighted by molar-refractivity contribution is -0.140. The number of Topliss-reactive ketones (excluding diaryl/α,β-unsaturated/α-hetero) is 1. The van der Waals surface area contributed by atoms with Gasteiger partial charge in [0.15, 0.2) is 0 Å². The molecule has 0 radical (unpaired) electrons. The van der Waals surface area contributed by atoms with Crippen molar-refractivity contribution in [3.63, 3.8) is 0 Å². The Balaban J connectivity index is 2.17. The Kier molecular flexibility index (Phi) is 6.85. The highest BCUT2D eigenvalue weighted by Gasteiger charge is 2.47. The van der Waals surface area contributed by atoms with Crippen LogP contribution in [0.25, 0.3) is 5.76 Å². The third kappa shape index (κ3) is 4.24. The third-order valence-electron chi connectivity index (χ3n) is 4.98. The van der Waals surface area contributed by atoms with Gasteiger partial charge in [-0.3, -0.25) is 9.59 Å². The molecule has 1 aliphatic heterocycles. The zero-order valence-corrected chi connectivity index (χ0v) is 19.0. The summed E-state index contributed by atoms with van der Waals surface area (Å²) in [6, 6.07) is 6.17. The Morgan fingerprint density at radius 3 is 2.63 bits per heavy atom. The second-order valence-electron chi connectivity index (χ2n) is 7.34. The zero-order chi connectivity index (χ0) is 22.0. The van der Waals surface area contributed by atoms with Gasteiger partial charge in [-0.1, -0.05) is 11.6 Å². The molecule has 30 heavy (non-hydrogen) atoms. The quantitative estimate of drug-likeness (QED) is 0.392. The number of nitrogens with zero attached hydrogens (tertiary/aromatic N) is 2. The first-order valence-electron chi connectivity index (χ1n) is 9.66. The van der Waals surface area contributed by atoms with Gasteiger partial charge in [-0.15, -0.1) is 11.3 Å². The van der Waals surface area contributed by atoms with Crippen LogP contribution in [0.5, 0.6) is 5.75 Å². The van der Waals surface area contributed by atoms with E-state index in [1.54, 1.807) is 18.2 Å². The van der Waals surface area contributed by atoms with E-state index in [0.717, 1.165) is 10.4 Å². The van der Waals surface area contributed by atoms with E-state index in [-0.39, 0.29) is 21.9 Å². The molecule has 1 aromatic carbocycles. The lowest BCUT2D eigenvalue weighted by Crippen LogP contribution is -2.35. The standard InChI is InChI=1S/C22H25ClN2O4S/c1-5-29-14-6-7-16(23)15(12-14)19(26)17-18(21-13(2)8-11-30-21)25(10-9-24(3)4)22(28)20(17)27/h6-8,11-12,18,26H,5,9-10H2,1-4H3/b19-17+. The number of halogens is 1. The van der Waals surface area contributed by atoms with Gasteiger partial charge in [0.2, 0.25) is 0 Å². The predicted molar refractivity (Wildman–Crippen MR) is 119 cm³/mol. The van der Waals surface area contributed by atoms with Crippen molar-refractivity contribution in [1.29, 1.82) is 0 Å². The van der Waals surface area contributed by atoms with Crippen LogP contribution in [0, 0.1) is 6.92 Å². The van der Waals surface area contributed by atoms with Crippen molar-refractivity contribution in [3.8, 4) is 5.75 Å². The molecule has 1 N–H and O–H groups in total. The summed E-state index contributed by atoms with van der Waals surface area (Å²) in [6.45, 7) is 5.19. The zero-order valence-electron chi connectivity index (χ0n) is 17.4. The number of hydrogen-bond acceptors (Lipinski definition) is 6. The topological polar surface area (TPSA) is 70.1 Å². The molecule has 3 rings (SSSR count). The van der Waals surface area contributed by atoms with Crippen LogP contribution in [0.15, 0.2) is 35.2 Å². The van der Waals surface area contributed by atoms with E-state index >= 15 is 0 Å². The second kappa shape index (κ2) is 9.20. The molecule has 160 valence electrons. The van der Waals surface area contributed by atoms with Gasteiger partial charge < -0.3 is 19.6 Å². The van der Waals surface area contributed by atoms with Gasteiger partial charge in [0.25, 0.3) is 11.7 Å². The fourth-order valence-electron chi connectivity index (χ4n) is 3.44. The first-order valence-corrected chi connectivity index (χ1v) is 10.9. The Morgan fingerprint density at radius 1 is 1.30 bits per heavy atom. The van der Waals surface area contributed by atoms with Crippen molar-refractivity contribution < 1.29 is 19.4 Å². The summed E-state index contributed by atoms with van der Waals surface area (Å²) in [6.07, 6.45) is 0. The lowest BCUT2D eigenvalue weighted by Gasteiger charge is -2.26. The molecule has 6 nitrogen and oxygen atoms in total. The van der Waals surface area contributed by atoms with Crippen molar-refractivity contribution in [2.24, 2.45) is 0 Å². The van der Waals surface area contributed by atoms with Crippen molar-refractivity contribution in [2.75, 3.05) is 33.8 Å². The molecule has 2 heterocycles. The number of likely N-dealkylation sites (N-methyl/N-ethyl adjacent to an activating group) is 1. The normalized spacial score (nSPS) is 18.5. The summed E-state index contributed by atoms with van der Waals surface area (Å²) >= 11 is 7.79. The third-order valence-corrected chi connectivity index (χ3v) is 6.38. The molecule has 8 heteroatoms. The SMILES string of the molecule is CCOc1ccc(Cl)c(/C(O)=C2\C(=O)C(=O)N(CCN(C)C)C2c2sccc2C)c1. The number of aliphatic hydroxyl groups excluding tert-OH is 1. The summed E-state index contributed by atoms with van der Waals surface area (Å²) in [5.41, 5.74) is 1.29. The summed E-state index contributed by atoms with van der Waals surface area (Å²) in [4.78, 5) is 30.2. The van der Waals surface area contributed by atoms with Gasteiger partial charge in [-0.2, -0.15) is 0 Å². The minimum absolute atomic E-state index is 0.0554. The monoisotopic (exact) mass is 448 g/mol. The highest BCUT2D eigenvalue weighted by atomic mass is 35.5. The number of amides is 1. The molecule has 1 saturated heterocycles. The maximum atomic E-state index is 13.0. The number of hydrogen-bond donors (Lipinski definition) is 1. The number of carbonyl (C=O) groups is 2. The van der Waals surface area contributed by atoms with Crippen molar-refractivity contribution >= 4 is 40.4 Å². The molecule has 1 atom stereocenters. The minimum atomic E-state index is -0.707. The predicted octanol–water partition coefficient (Wildman–Crippen LogP) is 4.09. The molecule has 1 fully saturated rings. The Bertz CT molecular complexity index is 999. The minimum Gasteiger partial charge on any atom is -0.507 e. The van der Waals surface area contributed by atoms with Crippen LogP contribution < -0.4 is 4.74 Å². The number of aliphatic hydroxyl groups is 1. The number of benzene rings is 1. The van der Waals surface area contributed by atoms with E-state index in [1.807, 2.05) is 44.3 Å². The van der Waals surface area contributed by atoms with Crippen molar-refractivity contribution in [3.05, 3.63) is 56.2 Å². The molecule has 0 aliphatic carbocycles. The van der Waals surface area contributed by atoms with Crippen LogP contribution in [-0.4, -0.2) is 60.4 Å². The molecule has 2 aromatic rings. The highest BCUT2D eigenvalue weighted by molar-refractivity contribution is 7.10. The van der Waals surface area contributed by atoms with Gasteiger partial charge >= 0.3 is 0 Å². The molecule has 0 spiro atoms. The molecular weight excluding hydrogens is 424 g/mol. The van der Waals surface area contributed by atoms with E-state index in [2.05, 4.69) is 0 Å². The molecule has 0 saturated carbocycles. The molecule has 1 unspecified atom stereocenters. The number of rotatable bonds is 7. The summed E-state index contributed by atoms with van der Waals surface area (Å²) in [7, 11) is 3.81. The van der Waals surface area contributed by atoms with E-state index in [1.165, 1.54) is 16.2 Å². The van der Waals surface area contributed by atoms with Crippen LogP contribution in [0.2, 0.25) is 5.02 Å². The fourth-order valence-corrected chi connectivity index (χ4v) is 4.70. The van der Waals surface area contributed by atoms with E-state index in [4.69, 9.17) is 16.3 Å². The summed E-state index contributed by atoms with van der Waals surface area (Å²) < 4.78 is 5.51. The number of likely N-dealkylation sites (tertiary alicyclic amines) is 1. The number of ketones is 1. The van der Waals surface area contributed by atoms with Crippen LogP contribution in [0.3, 0.4) is 0 Å². The Morgan fingerprint density at radius 2 is 2.03 bits per heavy atom. The number of aryl methyl sites for hydroxylation is 1. The molecule has 1 aromatic heterocycles. The van der Waals surface area contributed by atoms with Crippen molar-refractivity contribution in [2.45, 2.75) is 19.9 Å². The smallest absolute Gasteiger partial charge is 0.295 e. The summed E-state index contributed by atoms with van der Waals surface area (Å²) in [5.74, 6) is -1.09. The lowest BCUT2D eigenvalue weighted by atomic mass is 9.98. The molecular formula is C22H25ClN2O4S. The first-order chi connectivity index (χ1) is 14.3. The molecule has 0 bridgehead atoms. The number of ether oxygens (including phenoxy) is 1. The maximum Gasteiger partial charge on any atom is 0.295 e.